The number of imidazole rings is 1. The van der Waals surface area contributed by atoms with Crippen molar-refractivity contribution in [2.75, 3.05) is 26.2 Å². The third-order valence-corrected chi connectivity index (χ3v) is 9.18. The van der Waals surface area contributed by atoms with Crippen molar-refractivity contribution >= 4 is 34.4 Å². The Bertz CT molecular complexity index is 1350. The van der Waals surface area contributed by atoms with Gasteiger partial charge in [0.05, 0.1) is 11.0 Å². The van der Waals surface area contributed by atoms with Gasteiger partial charge < -0.3 is 20.1 Å². The number of hydrogen-bond donors (Lipinski definition) is 2. The normalized spacial score (nSPS) is 17.6. The summed E-state index contributed by atoms with van der Waals surface area (Å²) < 4.78 is 2.06. The molecular formula is C32H42ClN5O2. The highest BCUT2D eigenvalue weighted by atomic mass is 35.5. The molecule has 1 aliphatic carbocycles. The number of piperidine rings is 1. The minimum absolute atomic E-state index is 0.0639. The number of nitrogens with zero attached hydrogens (tertiary/aromatic N) is 3. The monoisotopic (exact) mass is 563 g/mol. The number of carbonyl (C=O) groups is 2. The van der Waals surface area contributed by atoms with Gasteiger partial charge in [-0.05, 0) is 74.2 Å². The largest absolute Gasteiger partial charge is 0.352 e. The van der Waals surface area contributed by atoms with Crippen LogP contribution in [0.4, 0.5) is 0 Å². The first-order valence-electron chi connectivity index (χ1n) is 14.8. The van der Waals surface area contributed by atoms with Crippen LogP contribution >= 0.6 is 11.6 Å². The van der Waals surface area contributed by atoms with Crippen LogP contribution in [0.1, 0.15) is 85.6 Å². The Hall–Kier alpha value is -2.90. The van der Waals surface area contributed by atoms with E-state index in [1.165, 1.54) is 25.7 Å². The van der Waals surface area contributed by atoms with Gasteiger partial charge in [0.25, 0.3) is 5.91 Å². The second kappa shape index (κ2) is 12.7. The van der Waals surface area contributed by atoms with Gasteiger partial charge in [-0.2, -0.15) is 0 Å². The maximum Gasteiger partial charge on any atom is 0.251 e. The lowest BCUT2D eigenvalue weighted by molar-refractivity contribution is -0.132. The summed E-state index contributed by atoms with van der Waals surface area (Å²) in [6, 6.07) is 11.6. The zero-order chi connectivity index (χ0) is 28.1. The molecule has 214 valence electrons. The summed E-state index contributed by atoms with van der Waals surface area (Å²) in [5.74, 6) is 0.951. The minimum Gasteiger partial charge on any atom is -0.352 e. The van der Waals surface area contributed by atoms with E-state index in [4.69, 9.17) is 16.6 Å². The number of halogens is 1. The molecule has 2 heterocycles. The van der Waals surface area contributed by atoms with Crippen LogP contribution in [-0.4, -0.2) is 52.4 Å². The Morgan fingerprint density at radius 3 is 2.50 bits per heavy atom. The molecule has 1 aliphatic heterocycles. The molecule has 0 atom stereocenters. The van der Waals surface area contributed by atoms with E-state index in [0.29, 0.717) is 30.1 Å². The van der Waals surface area contributed by atoms with E-state index in [-0.39, 0.29) is 17.2 Å². The van der Waals surface area contributed by atoms with Gasteiger partial charge in [-0.25, -0.2) is 4.98 Å². The average molecular weight is 564 g/mol. The minimum atomic E-state index is -0.260. The number of aryl methyl sites for hydroxylation is 1. The van der Waals surface area contributed by atoms with Crippen molar-refractivity contribution in [3.63, 3.8) is 0 Å². The molecular weight excluding hydrogens is 522 g/mol. The van der Waals surface area contributed by atoms with E-state index in [0.717, 1.165) is 73.3 Å². The quantitative estimate of drug-likeness (QED) is 0.354. The molecule has 7 nitrogen and oxygen atoms in total. The highest BCUT2D eigenvalue weighted by Crippen LogP contribution is 2.36. The van der Waals surface area contributed by atoms with Crippen molar-refractivity contribution in [2.24, 2.45) is 12.5 Å². The van der Waals surface area contributed by atoms with Crippen LogP contribution in [0, 0.1) is 5.41 Å². The lowest BCUT2D eigenvalue weighted by Gasteiger charge is -2.32. The van der Waals surface area contributed by atoms with Crippen molar-refractivity contribution < 1.29 is 9.59 Å². The Labute approximate surface area is 242 Å². The number of aromatic nitrogens is 2. The fourth-order valence-electron chi connectivity index (χ4n) is 6.16. The zero-order valence-corrected chi connectivity index (χ0v) is 24.7. The van der Waals surface area contributed by atoms with E-state index >= 15 is 0 Å². The van der Waals surface area contributed by atoms with E-state index < -0.39 is 0 Å². The van der Waals surface area contributed by atoms with Crippen LogP contribution in [0.5, 0.6) is 0 Å². The molecule has 1 aromatic heterocycles. The third kappa shape index (κ3) is 6.69. The molecule has 0 radical (unpaired) electrons. The van der Waals surface area contributed by atoms with E-state index in [9.17, 15) is 9.59 Å². The number of amides is 2. The smallest absolute Gasteiger partial charge is 0.251 e. The van der Waals surface area contributed by atoms with Gasteiger partial charge in [-0.15, -0.1) is 0 Å². The van der Waals surface area contributed by atoms with Crippen molar-refractivity contribution in [3.05, 3.63) is 63.9 Å². The molecule has 0 unspecified atom stereocenters. The van der Waals surface area contributed by atoms with Crippen LogP contribution in [-0.2, 0) is 24.8 Å². The fourth-order valence-corrected chi connectivity index (χ4v) is 6.34. The Kier molecular flexibility index (Phi) is 9.11. The van der Waals surface area contributed by atoms with Gasteiger partial charge in [0.2, 0.25) is 5.91 Å². The number of rotatable bonds is 9. The topological polar surface area (TPSA) is 79.3 Å². The first-order valence-corrected chi connectivity index (χ1v) is 15.2. The summed E-state index contributed by atoms with van der Waals surface area (Å²) >= 11 is 6.59. The summed E-state index contributed by atoms with van der Waals surface area (Å²) in [7, 11) is 1.99. The summed E-state index contributed by atoms with van der Waals surface area (Å²) in [6.07, 6.45) is 9.75. The molecule has 2 N–H and O–H groups in total. The van der Waals surface area contributed by atoms with Gasteiger partial charge in [0.15, 0.2) is 0 Å². The number of nitrogens with one attached hydrogen (secondary N) is 2. The predicted molar refractivity (Wildman–Crippen MR) is 161 cm³/mol. The van der Waals surface area contributed by atoms with Crippen LogP contribution in [0.25, 0.3) is 11.0 Å². The number of benzene rings is 2. The third-order valence-electron chi connectivity index (χ3n) is 8.81. The van der Waals surface area contributed by atoms with Crippen LogP contribution < -0.4 is 10.6 Å². The summed E-state index contributed by atoms with van der Waals surface area (Å²) in [6.45, 7) is 6.37. The summed E-state index contributed by atoms with van der Waals surface area (Å²) in [5.41, 5.74) is 4.12. The first-order chi connectivity index (χ1) is 19.3. The number of carbonyl (C=O) groups excluding carboxylic acids is 2. The molecule has 1 saturated heterocycles. The van der Waals surface area contributed by atoms with Crippen molar-refractivity contribution in [1.82, 2.24) is 25.1 Å². The SMILES string of the molecule is Cn1c(Cc2cc(CNC(=O)C3(C)CCCCC3)ccc2Cl)nc2cc(C(=O)NCCN3CCCCC3)ccc21. The zero-order valence-electron chi connectivity index (χ0n) is 23.9. The highest BCUT2D eigenvalue weighted by molar-refractivity contribution is 6.31. The van der Waals surface area contributed by atoms with Gasteiger partial charge >= 0.3 is 0 Å². The Balaban J connectivity index is 1.23. The Morgan fingerprint density at radius 1 is 0.975 bits per heavy atom. The lowest BCUT2D eigenvalue weighted by Crippen LogP contribution is -2.39. The van der Waals surface area contributed by atoms with E-state index in [2.05, 4.69) is 33.1 Å². The van der Waals surface area contributed by atoms with Gasteiger partial charge in [0.1, 0.15) is 5.82 Å². The second-order valence-corrected chi connectivity index (χ2v) is 12.3. The number of likely N-dealkylation sites (tertiary alicyclic amines) is 1. The van der Waals surface area contributed by atoms with E-state index in [1.54, 1.807) is 0 Å². The van der Waals surface area contributed by atoms with E-state index in [1.807, 2.05) is 37.4 Å². The van der Waals surface area contributed by atoms with Crippen molar-refractivity contribution in [3.8, 4) is 0 Å². The van der Waals surface area contributed by atoms with Crippen molar-refractivity contribution in [1.29, 1.82) is 0 Å². The summed E-state index contributed by atoms with van der Waals surface area (Å²) in [4.78, 5) is 33.0. The molecule has 0 bridgehead atoms. The van der Waals surface area contributed by atoms with Crippen LogP contribution in [0.15, 0.2) is 36.4 Å². The van der Waals surface area contributed by atoms with Gasteiger partial charge in [-0.3, -0.25) is 9.59 Å². The fraction of sp³-hybridized carbons (Fsp3) is 0.531. The van der Waals surface area contributed by atoms with Crippen molar-refractivity contribution in [2.45, 2.75) is 71.3 Å². The van der Waals surface area contributed by atoms with Gasteiger partial charge in [-0.1, -0.05) is 56.3 Å². The molecule has 3 aromatic rings. The second-order valence-electron chi connectivity index (χ2n) is 11.9. The Morgan fingerprint density at radius 2 is 1.73 bits per heavy atom. The predicted octanol–water partition coefficient (Wildman–Crippen LogP) is 5.62. The molecule has 8 heteroatoms. The standard InChI is InChI=1S/C32H42ClN5O2/c1-32(13-5-3-6-14-32)31(40)35-22-23-9-11-26(33)25(19-23)21-29-36-27-20-24(10-12-28(27)37(29)2)30(39)34-15-18-38-16-7-4-8-17-38/h9-12,19-20H,3-8,13-18,21-22H2,1-2H3,(H,34,39)(H,35,40). The molecule has 1 saturated carbocycles. The highest BCUT2D eigenvalue weighted by Gasteiger charge is 2.34. The maximum atomic E-state index is 12.9. The molecule has 40 heavy (non-hydrogen) atoms. The molecule has 2 amide bonds. The lowest BCUT2D eigenvalue weighted by atomic mass is 9.75. The molecule has 2 aromatic carbocycles. The van der Waals surface area contributed by atoms with Crippen LogP contribution in [0.3, 0.4) is 0 Å². The first kappa shape index (κ1) is 28.6. The molecule has 2 fully saturated rings. The number of fused-ring (bicyclic) bond motifs is 1. The number of hydrogen-bond acceptors (Lipinski definition) is 4. The van der Waals surface area contributed by atoms with Gasteiger partial charge in [0, 0.05) is 49.1 Å². The summed E-state index contributed by atoms with van der Waals surface area (Å²) in [5, 5.41) is 6.90. The molecule has 0 spiro atoms. The molecule has 2 aliphatic rings. The molecule has 5 rings (SSSR count). The van der Waals surface area contributed by atoms with Crippen LogP contribution in [0.2, 0.25) is 5.02 Å². The average Bonchev–Trinajstić information content (AvgIpc) is 3.28. The maximum absolute atomic E-state index is 12.9.